The summed E-state index contributed by atoms with van der Waals surface area (Å²) in [6.45, 7) is 1.09. The van der Waals surface area contributed by atoms with Gasteiger partial charge in [-0.15, -0.1) is 0 Å². The molecule has 0 atom stereocenters. The van der Waals surface area contributed by atoms with Crippen LogP contribution in [-0.2, 0) is 11.3 Å². The molecule has 0 fully saturated rings. The topological polar surface area (TPSA) is 12.0 Å². The number of hydrogen-bond donors (Lipinski definition) is 1. The molecule has 58 valence electrons. The first kappa shape index (κ1) is 7.27. The Labute approximate surface area is 73.0 Å². The van der Waals surface area contributed by atoms with Crippen molar-refractivity contribution in [3.05, 3.63) is 35.4 Å². The summed E-state index contributed by atoms with van der Waals surface area (Å²) in [5.41, 5.74) is 3.08. The monoisotopic (exact) mass is 179 g/mol. The third-order valence-electron chi connectivity index (χ3n) is 2.41. The Hall–Kier alpha value is -0.386. The summed E-state index contributed by atoms with van der Waals surface area (Å²) in [4.78, 5) is 0.455. The van der Waals surface area contributed by atoms with Gasteiger partial charge in [0.1, 0.15) is 0 Å². The zero-order valence-electron chi connectivity index (χ0n) is 7.02. The molecule has 1 aromatic rings. The maximum atomic E-state index is 3.58. The predicted molar refractivity (Wildman–Crippen MR) is 54.8 cm³/mol. The second-order valence-electron chi connectivity index (χ2n) is 3.64. The van der Waals surface area contributed by atoms with Crippen molar-refractivity contribution in [3.8, 4) is 0 Å². The average molecular weight is 179 g/mol. The molecule has 3 heteroatoms. The summed E-state index contributed by atoms with van der Waals surface area (Å²) in [5, 5.41) is 3.58. The molecule has 1 N–H and O–H groups in total. The van der Waals surface area contributed by atoms with Crippen molar-refractivity contribution in [1.82, 2.24) is 5.32 Å². The normalized spacial score (nSPS) is 29.1. The van der Waals surface area contributed by atoms with Crippen LogP contribution in [0.5, 0.6) is 0 Å². The molecule has 0 aliphatic carbocycles. The Balaban J connectivity index is 2.56. The highest BCUT2D eigenvalue weighted by Gasteiger charge is 2.27. The lowest BCUT2D eigenvalue weighted by Crippen LogP contribution is -2.37. The SMILES string of the molecule is [SiH3]C1([SiH3])NCc2ccccc21. The lowest BCUT2D eigenvalue weighted by atomic mass is 10.1. The van der Waals surface area contributed by atoms with E-state index in [4.69, 9.17) is 0 Å². The molecule has 0 radical (unpaired) electrons. The van der Waals surface area contributed by atoms with Crippen molar-refractivity contribution in [1.29, 1.82) is 0 Å². The van der Waals surface area contributed by atoms with E-state index >= 15 is 0 Å². The van der Waals surface area contributed by atoms with Gasteiger partial charge < -0.3 is 5.32 Å². The first-order chi connectivity index (χ1) is 5.20. The molecule has 0 saturated carbocycles. The smallest absolute Gasteiger partial charge is 0.0286 e. The summed E-state index contributed by atoms with van der Waals surface area (Å²) in [6.07, 6.45) is 0. The van der Waals surface area contributed by atoms with E-state index in [1.54, 1.807) is 5.56 Å². The van der Waals surface area contributed by atoms with E-state index in [2.05, 4.69) is 29.6 Å². The van der Waals surface area contributed by atoms with Crippen LogP contribution in [0.3, 0.4) is 0 Å². The van der Waals surface area contributed by atoms with Crippen LogP contribution in [-0.4, -0.2) is 20.5 Å². The van der Waals surface area contributed by atoms with Crippen LogP contribution < -0.4 is 5.32 Å². The van der Waals surface area contributed by atoms with Gasteiger partial charge in [0.2, 0.25) is 0 Å². The third-order valence-corrected chi connectivity index (χ3v) is 4.20. The molecule has 2 rings (SSSR count). The quantitative estimate of drug-likeness (QED) is 0.485. The fraction of sp³-hybridized carbons (Fsp3) is 0.250. The number of nitrogens with one attached hydrogen (secondary N) is 1. The van der Waals surface area contributed by atoms with Crippen LogP contribution in [0.1, 0.15) is 11.1 Å². The molecule has 0 saturated heterocycles. The summed E-state index contributed by atoms with van der Waals surface area (Å²) in [7, 11) is 2.48. The van der Waals surface area contributed by atoms with Crippen molar-refractivity contribution in [2.24, 2.45) is 0 Å². The molecular weight excluding hydrogens is 166 g/mol. The zero-order valence-corrected chi connectivity index (χ0v) is 11.0. The Morgan fingerprint density at radius 3 is 2.73 bits per heavy atom. The molecule has 1 aromatic carbocycles. The minimum Gasteiger partial charge on any atom is -0.310 e. The molecule has 0 aromatic heterocycles. The fourth-order valence-corrected chi connectivity index (χ4v) is 3.02. The van der Waals surface area contributed by atoms with E-state index in [9.17, 15) is 0 Å². The Bertz CT molecular complexity index is 283. The maximum Gasteiger partial charge on any atom is 0.0286 e. The first-order valence-electron chi connectivity index (χ1n) is 4.03. The second kappa shape index (κ2) is 2.30. The molecule has 0 amide bonds. The van der Waals surface area contributed by atoms with Gasteiger partial charge in [0.25, 0.3) is 0 Å². The first-order valence-corrected chi connectivity index (χ1v) is 6.03. The average Bonchev–Trinajstić information content (AvgIpc) is 2.29. The summed E-state index contributed by atoms with van der Waals surface area (Å²) in [6, 6.07) is 8.79. The summed E-state index contributed by atoms with van der Waals surface area (Å²) >= 11 is 0. The van der Waals surface area contributed by atoms with Crippen LogP contribution in [0.25, 0.3) is 0 Å². The minimum absolute atomic E-state index is 0.455. The van der Waals surface area contributed by atoms with Crippen molar-refractivity contribution in [2.45, 2.75) is 11.3 Å². The zero-order chi connectivity index (χ0) is 7.90. The molecule has 0 spiro atoms. The van der Waals surface area contributed by atoms with Crippen molar-refractivity contribution < 1.29 is 0 Å². The predicted octanol–water partition coefficient (Wildman–Crippen LogP) is -1.37. The highest BCUT2D eigenvalue weighted by atomic mass is 28.2. The summed E-state index contributed by atoms with van der Waals surface area (Å²) in [5.74, 6) is 0. The van der Waals surface area contributed by atoms with Gasteiger partial charge in [0.15, 0.2) is 0 Å². The van der Waals surface area contributed by atoms with Crippen molar-refractivity contribution >= 4 is 20.5 Å². The van der Waals surface area contributed by atoms with Crippen molar-refractivity contribution in [2.75, 3.05) is 0 Å². The number of rotatable bonds is 0. The van der Waals surface area contributed by atoms with E-state index in [1.165, 1.54) is 26.0 Å². The van der Waals surface area contributed by atoms with E-state index in [-0.39, 0.29) is 0 Å². The van der Waals surface area contributed by atoms with Gasteiger partial charge >= 0.3 is 0 Å². The van der Waals surface area contributed by atoms with Crippen LogP contribution >= 0.6 is 0 Å². The molecule has 0 unspecified atom stereocenters. The molecule has 1 nitrogen and oxygen atoms in total. The van der Waals surface area contributed by atoms with Crippen LogP contribution in [0.2, 0.25) is 0 Å². The number of benzene rings is 1. The lowest BCUT2D eigenvalue weighted by molar-refractivity contribution is 0.680. The van der Waals surface area contributed by atoms with Gasteiger partial charge in [-0.3, -0.25) is 0 Å². The van der Waals surface area contributed by atoms with Gasteiger partial charge in [-0.2, -0.15) is 0 Å². The number of fused-ring (bicyclic) bond motifs is 1. The van der Waals surface area contributed by atoms with Gasteiger partial charge in [-0.25, -0.2) is 0 Å². The van der Waals surface area contributed by atoms with Crippen LogP contribution in [0.4, 0.5) is 0 Å². The van der Waals surface area contributed by atoms with E-state index in [0.717, 1.165) is 6.54 Å². The lowest BCUT2D eigenvalue weighted by Gasteiger charge is -2.19. The van der Waals surface area contributed by atoms with Crippen molar-refractivity contribution in [3.63, 3.8) is 0 Å². The van der Waals surface area contributed by atoms with E-state index < -0.39 is 0 Å². The fourth-order valence-electron chi connectivity index (χ4n) is 1.70. The Kier molecular flexibility index (Phi) is 1.52. The minimum atomic E-state index is 0.455. The molecule has 1 aliphatic rings. The standard InChI is InChI=1S/C8H13NSi2/c10-8(11)7-4-2-1-3-6(7)5-9-8/h1-4,9H,5H2,10-11H3. The van der Waals surface area contributed by atoms with Crippen LogP contribution in [0.15, 0.2) is 24.3 Å². The second-order valence-corrected chi connectivity index (χ2v) is 9.64. The van der Waals surface area contributed by atoms with Gasteiger partial charge in [-0.1, -0.05) is 24.3 Å². The van der Waals surface area contributed by atoms with Gasteiger partial charge in [0, 0.05) is 31.8 Å². The third kappa shape index (κ3) is 1.09. The highest BCUT2D eigenvalue weighted by Crippen LogP contribution is 2.24. The molecular formula is C8H13NSi2. The largest absolute Gasteiger partial charge is 0.310 e. The Morgan fingerprint density at radius 2 is 2.00 bits per heavy atom. The molecule has 1 aliphatic heterocycles. The highest BCUT2D eigenvalue weighted by molar-refractivity contribution is 6.40. The Morgan fingerprint density at radius 1 is 1.27 bits per heavy atom. The molecule has 1 heterocycles. The van der Waals surface area contributed by atoms with E-state index in [0.29, 0.717) is 4.79 Å². The summed E-state index contributed by atoms with van der Waals surface area (Å²) < 4.78 is 0. The van der Waals surface area contributed by atoms with E-state index in [1.807, 2.05) is 0 Å². The number of hydrogen-bond acceptors (Lipinski definition) is 1. The maximum absolute atomic E-state index is 3.58. The van der Waals surface area contributed by atoms with Crippen LogP contribution in [0, 0.1) is 0 Å². The molecule has 11 heavy (non-hydrogen) atoms. The van der Waals surface area contributed by atoms with Gasteiger partial charge in [-0.05, 0) is 11.1 Å². The molecule has 0 bridgehead atoms. The van der Waals surface area contributed by atoms with Gasteiger partial charge in [0.05, 0.1) is 0 Å².